The van der Waals surface area contributed by atoms with E-state index in [9.17, 15) is 9.59 Å². The fourth-order valence-electron chi connectivity index (χ4n) is 2.50. The van der Waals surface area contributed by atoms with Gasteiger partial charge in [0.25, 0.3) is 0 Å². The molecule has 1 rings (SSSR count). The molecule has 6 heteroatoms. The van der Waals surface area contributed by atoms with Crippen LogP contribution in [0.2, 0.25) is 0 Å². The van der Waals surface area contributed by atoms with Crippen LogP contribution in [0.1, 0.15) is 46.0 Å². The number of amides is 2. The van der Waals surface area contributed by atoms with Crippen molar-refractivity contribution in [2.24, 2.45) is 11.7 Å². The quantitative estimate of drug-likeness (QED) is 0.776. The van der Waals surface area contributed by atoms with Crippen LogP contribution in [0.4, 0.5) is 0 Å². The van der Waals surface area contributed by atoms with Gasteiger partial charge in [0.2, 0.25) is 11.8 Å². The van der Waals surface area contributed by atoms with E-state index in [4.69, 9.17) is 5.73 Å². The summed E-state index contributed by atoms with van der Waals surface area (Å²) in [4.78, 5) is 25.2. The number of likely N-dealkylation sites (tertiary alicyclic amines) is 1. The molecule has 0 aromatic heterocycles. The van der Waals surface area contributed by atoms with Crippen LogP contribution in [0.15, 0.2) is 0 Å². The number of nitrogens with zero attached hydrogens (tertiary/aromatic N) is 1. The first kappa shape index (κ1) is 19.2. The van der Waals surface area contributed by atoms with Crippen molar-refractivity contribution in [2.45, 2.75) is 52.0 Å². The Morgan fingerprint density at radius 2 is 2.05 bits per heavy atom. The maximum Gasteiger partial charge on any atom is 0.242 e. The molecule has 1 saturated heterocycles. The molecule has 5 nitrogen and oxygen atoms in total. The first-order chi connectivity index (χ1) is 9.04. The minimum absolute atomic E-state index is 0. The summed E-state index contributed by atoms with van der Waals surface area (Å²) in [7, 11) is 0. The monoisotopic (exact) mass is 305 g/mol. The predicted octanol–water partition coefficient (Wildman–Crippen LogP) is 1.30. The molecule has 0 bridgehead atoms. The highest BCUT2D eigenvalue weighted by molar-refractivity contribution is 5.86. The molecule has 2 amide bonds. The molecule has 20 heavy (non-hydrogen) atoms. The van der Waals surface area contributed by atoms with Crippen molar-refractivity contribution in [3.05, 3.63) is 0 Å². The Bertz CT molecular complexity index is 311. The smallest absolute Gasteiger partial charge is 0.242 e. The summed E-state index contributed by atoms with van der Waals surface area (Å²) >= 11 is 0. The molecule has 3 N–H and O–H groups in total. The Morgan fingerprint density at radius 1 is 1.35 bits per heavy atom. The molecular weight excluding hydrogens is 278 g/mol. The van der Waals surface area contributed by atoms with Gasteiger partial charge in [0.15, 0.2) is 0 Å². The number of nitrogens with one attached hydrogen (secondary N) is 1. The highest BCUT2D eigenvalue weighted by atomic mass is 35.5. The maximum atomic E-state index is 12.1. The number of hydrogen-bond donors (Lipinski definition) is 2. The maximum absolute atomic E-state index is 12.1. The third-order valence-corrected chi connectivity index (χ3v) is 3.65. The molecule has 0 saturated carbocycles. The molecule has 1 aliphatic heterocycles. The van der Waals surface area contributed by atoms with Crippen LogP contribution in [0.25, 0.3) is 0 Å². The molecule has 0 aromatic carbocycles. The summed E-state index contributed by atoms with van der Waals surface area (Å²) in [6, 6.07) is 0.346. The molecular formula is C14H28ClN3O2. The largest absolute Gasteiger partial charge is 0.346 e. The molecule has 1 aliphatic rings. The fourth-order valence-corrected chi connectivity index (χ4v) is 2.50. The number of piperidine rings is 1. The van der Waals surface area contributed by atoms with Gasteiger partial charge in [-0.1, -0.05) is 13.8 Å². The van der Waals surface area contributed by atoms with Gasteiger partial charge in [0.05, 0.1) is 13.1 Å². The standard InChI is InChI=1S/C14H27N3O2.ClH/c1-11(2)6-7-12-5-3-4-8-17(12)14(19)10-16-13(18)9-15;/h11-12H,3-10,15H2,1-2H3,(H,16,18);1H. The first-order valence-electron chi connectivity index (χ1n) is 7.30. The molecule has 1 fully saturated rings. The van der Waals surface area contributed by atoms with Crippen LogP contribution in [-0.2, 0) is 9.59 Å². The number of rotatable bonds is 6. The highest BCUT2D eigenvalue weighted by Gasteiger charge is 2.26. The van der Waals surface area contributed by atoms with Crippen LogP contribution in [0.5, 0.6) is 0 Å². The van der Waals surface area contributed by atoms with Crippen molar-refractivity contribution in [1.82, 2.24) is 10.2 Å². The van der Waals surface area contributed by atoms with E-state index in [2.05, 4.69) is 19.2 Å². The van der Waals surface area contributed by atoms with Crippen LogP contribution in [0, 0.1) is 5.92 Å². The van der Waals surface area contributed by atoms with Gasteiger partial charge in [0.1, 0.15) is 0 Å². The summed E-state index contributed by atoms with van der Waals surface area (Å²) in [5, 5.41) is 2.56. The molecule has 0 aromatic rings. The van der Waals surface area contributed by atoms with Crippen molar-refractivity contribution in [1.29, 1.82) is 0 Å². The number of carbonyl (C=O) groups excluding carboxylic acids is 2. The topological polar surface area (TPSA) is 75.4 Å². The lowest BCUT2D eigenvalue weighted by molar-refractivity contribution is -0.136. The second-order valence-electron chi connectivity index (χ2n) is 5.69. The van der Waals surface area contributed by atoms with Gasteiger partial charge in [-0.05, 0) is 38.0 Å². The van der Waals surface area contributed by atoms with E-state index in [0.29, 0.717) is 12.0 Å². The van der Waals surface area contributed by atoms with E-state index in [1.807, 2.05) is 4.90 Å². The molecule has 118 valence electrons. The van der Waals surface area contributed by atoms with Crippen LogP contribution < -0.4 is 11.1 Å². The zero-order valence-electron chi connectivity index (χ0n) is 12.6. The Labute approximate surface area is 128 Å². The van der Waals surface area contributed by atoms with Gasteiger partial charge in [-0.15, -0.1) is 12.4 Å². The van der Waals surface area contributed by atoms with E-state index in [1.54, 1.807) is 0 Å². The van der Waals surface area contributed by atoms with Gasteiger partial charge in [-0.25, -0.2) is 0 Å². The Balaban J connectivity index is 0.00000361. The number of carbonyl (C=O) groups is 2. The van der Waals surface area contributed by atoms with Gasteiger partial charge < -0.3 is 16.0 Å². The third kappa shape index (κ3) is 6.57. The van der Waals surface area contributed by atoms with Crippen LogP contribution in [-0.4, -0.2) is 42.4 Å². The molecule has 0 aliphatic carbocycles. The Morgan fingerprint density at radius 3 is 2.65 bits per heavy atom. The van der Waals surface area contributed by atoms with Crippen molar-refractivity contribution in [3.8, 4) is 0 Å². The zero-order valence-corrected chi connectivity index (χ0v) is 13.4. The lowest BCUT2D eigenvalue weighted by atomic mass is 9.94. The first-order valence-corrected chi connectivity index (χ1v) is 7.30. The normalized spacial score (nSPS) is 18.6. The molecule has 1 atom stereocenters. The van der Waals surface area contributed by atoms with E-state index >= 15 is 0 Å². The number of hydrogen-bond acceptors (Lipinski definition) is 3. The second kappa shape index (κ2) is 10.00. The van der Waals surface area contributed by atoms with Crippen molar-refractivity contribution < 1.29 is 9.59 Å². The van der Waals surface area contributed by atoms with Gasteiger partial charge in [0, 0.05) is 12.6 Å². The SMILES string of the molecule is CC(C)CCC1CCCCN1C(=O)CNC(=O)CN.Cl. The van der Waals surface area contributed by atoms with E-state index in [0.717, 1.165) is 32.2 Å². The molecule has 1 heterocycles. The van der Waals surface area contributed by atoms with E-state index in [-0.39, 0.29) is 37.3 Å². The lowest BCUT2D eigenvalue weighted by Gasteiger charge is -2.36. The van der Waals surface area contributed by atoms with Crippen LogP contribution >= 0.6 is 12.4 Å². The number of nitrogens with two attached hydrogens (primary N) is 1. The zero-order chi connectivity index (χ0) is 14.3. The van der Waals surface area contributed by atoms with E-state index in [1.165, 1.54) is 6.42 Å². The average molecular weight is 306 g/mol. The average Bonchev–Trinajstić information content (AvgIpc) is 2.42. The lowest BCUT2D eigenvalue weighted by Crippen LogP contribution is -2.48. The fraction of sp³-hybridized carbons (Fsp3) is 0.857. The van der Waals surface area contributed by atoms with Gasteiger partial charge in [-0.3, -0.25) is 9.59 Å². The minimum atomic E-state index is -0.274. The minimum Gasteiger partial charge on any atom is -0.346 e. The molecule has 0 spiro atoms. The summed E-state index contributed by atoms with van der Waals surface area (Å²) in [6.45, 7) is 5.24. The summed E-state index contributed by atoms with van der Waals surface area (Å²) in [6.07, 6.45) is 5.55. The summed E-state index contributed by atoms with van der Waals surface area (Å²) in [5.74, 6) is 0.412. The highest BCUT2D eigenvalue weighted by Crippen LogP contribution is 2.22. The van der Waals surface area contributed by atoms with Crippen molar-refractivity contribution >= 4 is 24.2 Å². The van der Waals surface area contributed by atoms with Gasteiger partial charge >= 0.3 is 0 Å². The number of halogens is 1. The molecule has 0 radical (unpaired) electrons. The van der Waals surface area contributed by atoms with Gasteiger partial charge in [-0.2, -0.15) is 0 Å². The van der Waals surface area contributed by atoms with Crippen molar-refractivity contribution in [3.63, 3.8) is 0 Å². The van der Waals surface area contributed by atoms with E-state index < -0.39 is 0 Å². The Kier molecular flexibility index (Phi) is 9.59. The second-order valence-corrected chi connectivity index (χ2v) is 5.69. The molecule has 1 unspecified atom stereocenters. The van der Waals surface area contributed by atoms with Crippen LogP contribution in [0.3, 0.4) is 0 Å². The summed E-state index contributed by atoms with van der Waals surface area (Å²) in [5.41, 5.74) is 5.21. The third-order valence-electron chi connectivity index (χ3n) is 3.65. The Hall–Kier alpha value is -0.810. The summed E-state index contributed by atoms with van der Waals surface area (Å²) < 4.78 is 0. The van der Waals surface area contributed by atoms with Crippen molar-refractivity contribution in [2.75, 3.05) is 19.6 Å². The predicted molar refractivity (Wildman–Crippen MR) is 82.7 cm³/mol.